The predicted octanol–water partition coefficient (Wildman–Crippen LogP) is 1.39. The summed E-state index contributed by atoms with van der Waals surface area (Å²) in [6.45, 7) is 4.47. The quantitative estimate of drug-likeness (QED) is 0.473. The summed E-state index contributed by atoms with van der Waals surface area (Å²) in [5.74, 6) is 7.57. The third-order valence-electron chi connectivity index (χ3n) is 2.82. The van der Waals surface area contributed by atoms with Crippen molar-refractivity contribution < 1.29 is 0 Å². The van der Waals surface area contributed by atoms with Gasteiger partial charge in [-0.25, -0.2) is 15.8 Å². The first kappa shape index (κ1) is 14.5. The number of nitrogens with two attached hydrogens (primary N) is 1. The Morgan fingerprint density at radius 2 is 2.15 bits per heavy atom. The molecule has 0 amide bonds. The van der Waals surface area contributed by atoms with Crippen molar-refractivity contribution in [1.29, 1.82) is 0 Å². The molecule has 0 aromatic carbocycles. The van der Waals surface area contributed by atoms with E-state index in [0.29, 0.717) is 12.4 Å². The van der Waals surface area contributed by atoms with E-state index in [1.54, 1.807) is 5.38 Å². The molecular formula is C12H18N6OS. The highest BCUT2D eigenvalue weighted by molar-refractivity contribution is 7.07. The minimum Gasteiger partial charge on any atom is -0.364 e. The molecule has 0 saturated carbocycles. The Balaban J connectivity index is 2.20. The highest BCUT2D eigenvalue weighted by Gasteiger charge is 2.10. The number of aromatic amines is 1. The number of H-pyrrole nitrogens is 1. The van der Waals surface area contributed by atoms with Crippen LogP contribution in [0.1, 0.15) is 30.4 Å². The van der Waals surface area contributed by atoms with E-state index in [-0.39, 0.29) is 4.87 Å². The lowest BCUT2D eigenvalue weighted by Crippen LogP contribution is -2.15. The van der Waals surface area contributed by atoms with Crippen molar-refractivity contribution in [3.05, 3.63) is 32.1 Å². The van der Waals surface area contributed by atoms with Crippen LogP contribution < -0.4 is 21.5 Å². The van der Waals surface area contributed by atoms with Crippen LogP contribution in [0.25, 0.3) is 0 Å². The third-order valence-corrected chi connectivity index (χ3v) is 3.54. The van der Waals surface area contributed by atoms with Crippen molar-refractivity contribution in [2.24, 2.45) is 5.84 Å². The number of nitrogens with zero attached hydrogens (tertiary/aromatic N) is 2. The second-order valence-electron chi connectivity index (χ2n) is 4.38. The molecule has 7 nitrogen and oxygen atoms in total. The molecule has 2 aromatic rings. The van der Waals surface area contributed by atoms with Gasteiger partial charge in [-0.1, -0.05) is 18.3 Å². The standard InChI is InChI=1S/C12H18N6OS/c1-3-4-9-16-10(7(2)11(17-9)18-13)14-5-8-6-20-12(19)15-8/h6H,3-5,13H2,1-2H3,(H,15,19)(H2,14,16,17,18). The van der Waals surface area contributed by atoms with Crippen molar-refractivity contribution in [2.75, 3.05) is 10.7 Å². The van der Waals surface area contributed by atoms with Gasteiger partial charge in [0, 0.05) is 23.1 Å². The molecule has 5 N–H and O–H groups in total. The van der Waals surface area contributed by atoms with Gasteiger partial charge in [-0.3, -0.25) is 4.79 Å². The fourth-order valence-corrected chi connectivity index (χ4v) is 2.37. The van der Waals surface area contributed by atoms with E-state index in [1.165, 1.54) is 0 Å². The summed E-state index contributed by atoms with van der Waals surface area (Å²) in [6, 6.07) is 0. The molecule has 0 bridgehead atoms. The number of aromatic nitrogens is 3. The van der Waals surface area contributed by atoms with E-state index >= 15 is 0 Å². The molecule has 2 rings (SSSR count). The third kappa shape index (κ3) is 3.34. The van der Waals surface area contributed by atoms with E-state index in [9.17, 15) is 4.79 Å². The van der Waals surface area contributed by atoms with Crippen LogP contribution in [-0.4, -0.2) is 15.0 Å². The fraction of sp³-hybridized carbons (Fsp3) is 0.417. The van der Waals surface area contributed by atoms with Gasteiger partial charge in [0.05, 0.1) is 6.54 Å². The average molecular weight is 294 g/mol. The molecule has 8 heteroatoms. The van der Waals surface area contributed by atoms with E-state index in [4.69, 9.17) is 5.84 Å². The Bertz CT molecular complexity index is 635. The zero-order valence-corrected chi connectivity index (χ0v) is 12.3. The van der Waals surface area contributed by atoms with Crippen LogP contribution in [-0.2, 0) is 13.0 Å². The Morgan fingerprint density at radius 3 is 2.75 bits per heavy atom. The molecule has 0 radical (unpaired) electrons. The number of hydrazine groups is 1. The van der Waals surface area contributed by atoms with Gasteiger partial charge in [0.25, 0.3) is 0 Å². The summed E-state index contributed by atoms with van der Waals surface area (Å²) in [7, 11) is 0. The number of rotatable bonds is 6. The lowest BCUT2D eigenvalue weighted by molar-refractivity contribution is 0.829. The molecule has 2 aromatic heterocycles. The maximum Gasteiger partial charge on any atom is 0.304 e. The molecule has 20 heavy (non-hydrogen) atoms. The minimum absolute atomic E-state index is 0.0582. The summed E-state index contributed by atoms with van der Waals surface area (Å²) in [5.41, 5.74) is 4.27. The molecule has 0 spiro atoms. The van der Waals surface area contributed by atoms with Crippen LogP contribution in [0.2, 0.25) is 0 Å². The maximum atomic E-state index is 11.1. The maximum absolute atomic E-state index is 11.1. The van der Waals surface area contributed by atoms with Crippen molar-refractivity contribution in [2.45, 2.75) is 33.2 Å². The van der Waals surface area contributed by atoms with E-state index in [0.717, 1.165) is 47.1 Å². The molecular weight excluding hydrogens is 276 g/mol. The van der Waals surface area contributed by atoms with Gasteiger partial charge < -0.3 is 15.7 Å². The van der Waals surface area contributed by atoms with Crippen LogP contribution in [0.4, 0.5) is 11.6 Å². The molecule has 0 saturated heterocycles. The topological polar surface area (TPSA) is 109 Å². The smallest absolute Gasteiger partial charge is 0.304 e. The molecule has 108 valence electrons. The fourth-order valence-electron chi connectivity index (χ4n) is 1.79. The number of nitrogen functional groups attached to an aromatic ring is 1. The van der Waals surface area contributed by atoms with Gasteiger partial charge in [-0.15, -0.1) is 0 Å². The van der Waals surface area contributed by atoms with Gasteiger partial charge in [0.15, 0.2) is 0 Å². The Morgan fingerprint density at radius 1 is 1.40 bits per heavy atom. The summed E-state index contributed by atoms with van der Waals surface area (Å²) >= 11 is 1.15. The SMILES string of the molecule is CCCc1nc(NN)c(C)c(NCc2csc(=O)[nH]2)n1. The molecule has 2 heterocycles. The van der Waals surface area contributed by atoms with E-state index < -0.39 is 0 Å². The zero-order chi connectivity index (χ0) is 14.5. The summed E-state index contributed by atoms with van der Waals surface area (Å²) in [6.07, 6.45) is 1.75. The summed E-state index contributed by atoms with van der Waals surface area (Å²) in [5, 5.41) is 5.00. The number of anilines is 2. The lowest BCUT2D eigenvalue weighted by Gasteiger charge is -2.13. The van der Waals surface area contributed by atoms with E-state index in [2.05, 4.69) is 32.6 Å². The lowest BCUT2D eigenvalue weighted by atomic mass is 10.2. The normalized spacial score (nSPS) is 10.6. The Hall–Kier alpha value is -1.93. The van der Waals surface area contributed by atoms with E-state index in [1.807, 2.05) is 6.92 Å². The Labute approximate surface area is 120 Å². The summed E-state index contributed by atoms with van der Waals surface area (Å²) in [4.78, 5) is 22.6. The monoisotopic (exact) mass is 294 g/mol. The molecule has 0 aliphatic carbocycles. The van der Waals surface area contributed by atoms with Gasteiger partial charge in [0.1, 0.15) is 17.5 Å². The van der Waals surface area contributed by atoms with Crippen LogP contribution in [0, 0.1) is 6.92 Å². The second kappa shape index (κ2) is 6.49. The zero-order valence-electron chi connectivity index (χ0n) is 11.5. The van der Waals surface area contributed by atoms with Crippen molar-refractivity contribution >= 4 is 23.0 Å². The first-order valence-corrected chi connectivity index (χ1v) is 7.26. The molecule has 0 aliphatic heterocycles. The van der Waals surface area contributed by atoms with Crippen molar-refractivity contribution in [3.63, 3.8) is 0 Å². The molecule has 0 unspecified atom stereocenters. The van der Waals surface area contributed by atoms with Crippen LogP contribution in [0.3, 0.4) is 0 Å². The van der Waals surface area contributed by atoms with Crippen molar-refractivity contribution in [3.8, 4) is 0 Å². The molecule has 0 aliphatic rings. The number of hydrogen-bond donors (Lipinski definition) is 4. The van der Waals surface area contributed by atoms with Gasteiger partial charge in [-0.2, -0.15) is 0 Å². The first-order valence-electron chi connectivity index (χ1n) is 6.38. The number of thiazole rings is 1. The van der Waals surface area contributed by atoms with Gasteiger partial charge in [0.2, 0.25) is 0 Å². The number of aryl methyl sites for hydroxylation is 1. The van der Waals surface area contributed by atoms with Crippen LogP contribution >= 0.6 is 11.3 Å². The minimum atomic E-state index is -0.0582. The first-order chi connectivity index (χ1) is 9.63. The Kier molecular flexibility index (Phi) is 4.70. The van der Waals surface area contributed by atoms with Crippen LogP contribution in [0.15, 0.2) is 10.2 Å². The van der Waals surface area contributed by atoms with Crippen LogP contribution in [0.5, 0.6) is 0 Å². The molecule has 0 atom stereocenters. The average Bonchev–Trinajstić information content (AvgIpc) is 2.85. The van der Waals surface area contributed by atoms with Crippen molar-refractivity contribution in [1.82, 2.24) is 15.0 Å². The number of hydrogen-bond acceptors (Lipinski definition) is 7. The molecule has 0 fully saturated rings. The van der Waals surface area contributed by atoms with Gasteiger partial charge >= 0.3 is 4.87 Å². The largest absolute Gasteiger partial charge is 0.364 e. The predicted molar refractivity (Wildman–Crippen MR) is 80.8 cm³/mol. The highest BCUT2D eigenvalue weighted by atomic mass is 32.1. The highest BCUT2D eigenvalue weighted by Crippen LogP contribution is 2.20. The number of nitrogens with one attached hydrogen (secondary N) is 3. The van der Waals surface area contributed by atoms with Gasteiger partial charge in [-0.05, 0) is 13.3 Å². The summed E-state index contributed by atoms with van der Waals surface area (Å²) < 4.78 is 0. The second-order valence-corrected chi connectivity index (χ2v) is 5.23.